The number of H-pyrrole nitrogens is 1. The number of thioether (sulfide) groups is 1. The predicted molar refractivity (Wildman–Crippen MR) is 137 cm³/mol. The molecule has 3 heterocycles. The maximum Gasteiger partial charge on any atom is 0.270 e. The lowest BCUT2D eigenvalue weighted by molar-refractivity contribution is 0.0787. The highest BCUT2D eigenvalue weighted by Crippen LogP contribution is 2.31. The first-order chi connectivity index (χ1) is 17.1. The summed E-state index contributed by atoms with van der Waals surface area (Å²) in [5.41, 5.74) is 3.81. The van der Waals surface area contributed by atoms with E-state index < -0.39 is 0 Å². The molecule has 178 valence electrons. The Morgan fingerprint density at radius 3 is 2.63 bits per heavy atom. The zero-order chi connectivity index (χ0) is 24.2. The van der Waals surface area contributed by atoms with Gasteiger partial charge in [0.15, 0.2) is 10.9 Å². The number of aromatic amines is 1. The van der Waals surface area contributed by atoms with Gasteiger partial charge in [0.2, 0.25) is 0 Å². The molecule has 0 saturated carbocycles. The molecule has 0 atom stereocenters. The van der Waals surface area contributed by atoms with Gasteiger partial charge in [0.25, 0.3) is 5.91 Å². The molecule has 1 N–H and O–H groups in total. The van der Waals surface area contributed by atoms with Crippen LogP contribution in [-0.2, 0) is 0 Å². The zero-order valence-corrected chi connectivity index (χ0v) is 20.3. The number of ether oxygens (including phenoxy) is 1. The number of hydrogen-bond acceptors (Lipinski definition) is 5. The first kappa shape index (κ1) is 23.0. The number of methoxy groups -OCH3 is 1. The number of amides is 1. The van der Waals surface area contributed by atoms with E-state index in [4.69, 9.17) is 4.74 Å². The molecule has 1 amide bonds. The van der Waals surface area contributed by atoms with Gasteiger partial charge in [-0.25, -0.2) is 4.98 Å². The summed E-state index contributed by atoms with van der Waals surface area (Å²) in [4.78, 5) is 35.0. The predicted octanol–water partition coefficient (Wildman–Crippen LogP) is 5.09. The number of nitrogens with one attached hydrogen (secondary N) is 1. The molecule has 4 aromatic rings. The van der Waals surface area contributed by atoms with Crippen LogP contribution in [-0.4, -0.2) is 57.1 Å². The van der Waals surface area contributed by atoms with Crippen molar-refractivity contribution in [2.24, 2.45) is 0 Å². The number of likely N-dealkylation sites (tertiary alicyclic amines) is 1. The van der Waals surface area contributed by atoms with E-state index in [-0.39, 0.29) is 17.4 Å². The molecule has 5 rings (SSSR count). The summed E-state index contributed by atoms with van der Waals surface area (Å²) in [5.74, 6) is 0.831. The second-order valence-corrected chi connectivity index (χ2v) is 9.28. The highest BCUT2D eigenvalue weighted by atomic mass is 32.2. The fourth-order valence-corrected chi connectivity index (χ4v) is 5.12. The lowest BCUT2D eigenvalue weighted by atomic mass is 10.1. The number of aromatic nitrogens is 3. The number of Topliss-reactive ketones (excluding diaryl/α,β-unsaturated/α-hetero) is 1. The summed E-state index contributed by atoms with van der Waals surface area (Å²) in [5, 5.41) is 0.703. The smallest absolute Gasteiger partial charge is 0.270 e. The second-order valence-electron chi connectivity index (χ2n) is 8.34. The van der Waals surface area contributed by atoms with Crippen LogP contribution in [0.4, 0.5) is 0 Å². The van der Waals surface area contributed by atoms with Crippen molar-refractivity contribution < 1.29 is 14.3 Å². The highest BCUT2D eigenvalue weighted by Gasteiger charge is 2.22. The van der Waals surface area contributed by atoms with Gasteiger partial charge in [0.1, 0.15) is 11.4 Å². The van der Waals surface area contributed by atoms with Gasteiger partial charge in [-0.1, -0.05) is 48.2 Å². The Labute approximate surface area is 208 Å². The van der Waals surface area contributed by atoms with E-state index >= 15 is 0 Å². The molecule has 2 aromatic carbocycles. The van der Waals surface area contributed by atoms with Crippen molar-refractivity contribution in [2.75, 3.05) is 26.0 Å². The van der Waals surface area contributed by atoms with Crippen LogP contribution in [0.1, 0.15) is 33.7 Å². The molecule has 7 nitrogen and oxygen atoms in total. The first-order valence-electron chi connectivity index (χ1n) is 11.6. The van der Waals surface area contributed by atoms with Crippen LogP contribution in [0.2, 0.25) is 0 Å². The average molecular weight is 487 g/mol. The van der Waals surface area contributed by atoms with E-state index in [1.165, 1.54) is 11.8 Å². The summed E-state index contributed by atoms with van der Waals surface area (Å²) < 4.78 is 7.46. The van der Waals surface area contributed by atoms with E-state index in [1.54, 1.807) is 19.4 Å². The van der Waals surface area contributed by atoms with E-state index in [0.29, 0.717) is 16.4 Å². The number of imidazole rings is 1. The maximum atomic E-state index is 13.0. The Hall–Kier alpha value is -3.78. The summed E-state index contributed by atoms with van der Waals surface area (Å²) in [6, 6.07) is 19.4. The van der Waals surface area contributed by atoms with Crippen LogP contribution in [0.15, 0.2) is 78.2 Å². The quantitative estimate of drug-likeness (QED) is 0.277. The molecule has 1 fully saturated rings. The molecule has 35 heavy (non-hydrogen) atoms. The molecule has 1 aliphatic heterocycles. The van der Waals surface area contributed by atoms with E-state index in [0.717, 1.165) is 48.6 Å². The van der Waals surface area contributed by atoms with Gasteiger partial charge in [0.05, 0.1) is 30.4 Å². The van der Waals surface area contributed by atoms with Crippen molar-refractivity contribution >= 4 is 23.5 Å². The fourth-order valence-electron chi connectivity index (χ4n) is 4.23. The van der Waals surface area contributed by atoms with Gasteiger partial charge in [-0.05, 0) is 31.0 Å². The monoisotopic (exact) mass is 486 g/mol. The fraction of sp³-hybridized carbons (Fsp3) is 0.222. The SMILES string of the molecule is COc1cccc(-n2c(-c3ccccc3)cnc2SCC(=O)c2c[nH]c(C(=O)N3CCCC3)c2)c1. The number of carbonyl (C=O) groups excluding carboxylic acids is 2. The topological polar surface area (TPSA) is 80.2 Å². The summed E-state index contributed by atoms with van der Waals surface area (Å²) in [6.45, 7) is 1.54. The third-order valence-electron chi connectivity index (χ3n) is 6.07. The van der Waals surface area contributed by atoms with Gasteiger partial charge < -0.3 is 14.6 Å². The zero-order valence-electron chi connectivity index (χ0n) is 19.4. The largest absolute Gasteiger partial charge is 0.497 e. The Morgan fingerprint density at radius 1 is 1.06 bits per heavy atom. The third kappa shape index (κ3) is 4.88. The molecule has 2 aromatic heterocycles. The van der Waals surface area contributed by atoms with Gasteiger partial charge in [-0.15, -0.1) is 0 Å². The number of ketones is 1. The molecule has 0 aliphatic carbocycles. The van der Waals surface area contributed by atoms with Gasteiger partial charge >= 0.3 is 0 Å². The average Bonchev–Trinajstić information content (AvgIpc) is 3.68. The van der Waals surface area contributed by atoms with Crippen molar-refractivity contribution in [1.82, 2.24) is 19.4 Å². The van der Waals surface area contributed by atoms with E-state index in [2.05, 4.69) is 9.97 Å². The normalized spacial score (nSPS) is 13.2. The molecule has 8 heteroatoms. The summed E-state index contributed by atoms with van der Waals surface area (Å²) in [6.07, 6.45) is 5.50. The molecular formula is C27H26N4O3S. The van der Waals surface area contributed by atoms with Crippen LogP contribution in [0.5, 0.6) is 5.75 Å². The van der Waals surface area contributed by atoms with Crippen molar-refractivity contribution in [1.29, 1.82) is 0 Å². The Bertz CT molecular complexity index is 1340. The highest BCUT2D eigenvalue weighted by molar-refractivity contribution is 7.99. The number of rotatable bonds is 8. The Kier molecular flexibility index (Phi) is 6.72. The van der Waals surface area contributed by atoms with Crippen LogP contribution in [0, 0.1) is 0 Å². The van der Waals surface area contributed by atoms with Crippen molar-refractivity contribution in [3.63, 3.8) is 0 Å². The number of carbonyl (C=O) groups is 2. The van der Waals surface area contributed by atoms with Crippen molar-refractivity contribution in [3.05, 3.63) is 84.3 Å². The van der Waals surface area contributed by atoms with Crippen LogP contribution in [0.3, 0.4) is 0 Å². The molecule has 0 unspecified atom stereocenters. The molecule has 0 bridgehead atoms. The standard InChI is InChI=1S/C27H26N4O3S/c1-34-22-11-7-10-21(15-22)31-24(19-8-3-2-4-9-19)17-29-27(31)35-18-25(32)20-14-23(28-16-20)26(33)30-12-5-6-13-30/h2-4,7-11,14-17,28H,5-6,12-13,18H2,1H3. The lowest BCUT2D eigenvalue weighted by Crippen LogP contribution is -2.27. The summed E-state index contributed by atoms with van der Waals surface area (Å²) in [7, 11) is 1.64. The second kappa shape index (κ2) is 10.2. The van der Waals surface area contributed by atoms with Gasteiger partial charge in [-0.2, -0.15) is 0 Å². The van der Waals surface area contributed by atoms with Gasteiger partial charge in [-0.3, -0.25) is 14.2 Å². The van der Waals surface area contributed by atoms with Crippen LogP contribution >= 0.6 is 11.8 Å². The molecule has 0 radical (unpaired) electrons. The number of nitrogens with zero attached hydrogens (tertiary/aromatic N) is 3. The van der Waals surface area contributed by atoms with Crippen LogP contribution in [0.25, 0.3) is 16.9 Å². The first-order valence-corrected chi connectivity index (χ1v) is 12.5. The number of hydrogen-bond donors (Lipinski definition) is 1. The molecular weight excluding hydrogens is 460 g/mol. The molecule has 0 spiro atoms. The minimum absolute atomic E-state index is 0.0460. The minimum atomic E-state index is -0.0619. The molecule has 1 aliphatic rings. The van der Waals surface area contributed by atoms with Crippen molar-refractivity contribution in [2.45, 2.75) is 18.0 Å². The van der Waals surface area contributed by atoms with Crippen LogP contribution < -0.4 is 4.74 Å². The van der Waals surface area contributed by atoms with Gasteiger partial charge in [0, 0.05) is 36.5 Å². The van der Waals surface area contributed by atoms with Crippen molar-refractivity contribution in [3.8, 4) is 22.7 Å². The Morgan fingerprint density at radius 2 is 1.86 bits per heavy atom. The van der Waals surface area contributed by atoms with E-state index in [1.807, 2.05) is 70.3 Å². The Balaban J connectivity index is 1.38. The number of benzene rings is 2. The van der Waals surface area contributed by atoms with E-state index in [9.17, 15) is 9.59 Å². The molecule has 1 saturated heterocycles. The minimum Gasteiger partial charge on any atom is -0.497 e. The third-order valence-corrected chi connectivity index (χ3v) is 7.02. The maximum absolute atomic E-state index is 13.0. The summed E-state index contributed by atoms with van der Waals surface area (Å²) >= 11 is 1.37. The lowest BCUT2D eigenvalue weighted by Gasteiger charge is -2.13.